The topological polar surface area (TPSA) is 47.6 Å². The summed E-state index contributed by atoms with van der Waals surface area (Å²) in [4.78, 5) is 11.4. The predicted molar refractivity (Wildman–Crippen MR) is 89.5 cm³/mol. The second-order valence-corrected chi connectivity index (χ2v) is 5.51. The zero-order chi connectivity index (χ0) is 16.2. The minimum absolute atomic E-state index is 0.0852. The Morgan fingerprint density at radius 3 is 2.61 bits per heavy atom. The normalized spacial score (nSPS) is 16.7. The van der Waals surface area contributed by atoms with Crippen LogP contribution >= 0.6 is 0 Å². The maximum absolute atomic E-state index is 11.4. The highest BCUT2D eigenvalue weighted by molar-refractivity contribution is 5.79. The van der Waals surface area contributed by atoms with Crippen LogP contribution in [0.15, 0.2) is 55.1 Å². The third kappa shape index (κ3) is 3.37. The van der Waals surface area contributed by atoms with Gasteiger partial charge in [0.15, 0.2) is 11.5 Å². The number of rotatable bonds is 5. The summed E-state index contributed by atoms with van der Waals surface area (Å²) in [5.74, 6) is 2.06. The average Bonchev–Trinajstić information content (AvgIpc) is 3.02. The van der Waals surface area contributed by atoms with E-state index in [1.54, 1.807) is 7.11 Å². The number of nitrogens with one attached hydrogen (secondary N) is 1. The molecule has 1 unspecified atom stereocenters. The molecule has 0 bridgehead atoms. The van der Waals surface area contributed by atoms with Crippen molar-refractivity contribution in [1.82, 2.24) is 5.32 Å². The monoisotopic (exact) mass is 309 g/mol. The van der Waals surface area contributed by atoms with E-state index in [2.05, 4.69) is 11.9 Å². The van der Waals surface area contributed by atoms with Crippen molar-refractivity contribution in [1.29, 1.82) is 0 Å². The molecule has 3 rings (SSSR count). The zero-order valence-electron chi connectivity index (χ0n) is 13.0. The summed E-state index contributed by atoms with van der Waals surface area (Å²) in [7, 11) is 1.60. The molecule has 4 nitrogen and oxygen atoms in total. The molecule has 1 amide bonds. The van der Waals surface area contributed by atoms with Crippen molar-refractivity contribution in [2.75, 3.05) is 13.7 Å². The molecule has 2 aromatic rings. The Morgan fingerprint density at radius 1 is 1.17 bits per heavy atom. The quantitative estimate of drug-likeness (QED) is 0.862. The minimum atomic E-state index is 0.0852. The molecule has 1 saturated heterocycles. The summed E-state index contributed by atoms with van der Waals surface area (Å²) < 4.78 is 11.3. The summed E-state index contributed by atoms with van der Waals surface area (Å²) in [5.41, 5.74) is 1.97. The maximum atomic E-state index is 11.4. The van der Waals surface area contributed by atoms with Gasteiger partial charge in [0.25, 0.3) is 0 Å². The molecule has 1 aliphatic heterocycles. The molecular weight excluding hydrogens is 290 g/mol. The van der Waals surface area contributed by atoms with Gasteiger partial charge < -0.3 is 14.8 Å². The van der Waals surface area contributed by atoms with Gasteiger partial charge in [0.2, 0.25) is 5.91 Å². The van der Waals surface area contributed by atoms with Crippen molar-refractivity contribution in [3.05, 3.63) is 66.2 Å². The van der Waals surface area contributed by atoms with E-state index in [9.17, 15) is 4.79 Å². The Balaban J connectivity index is 1.85. The molecule has 1 fully saturated rings. The van der Waals surface area contributed by atoms with E-state index in [-0.39, 0.29) is 11.8 Å². The summed E-state index contributed by atoms with van der Waals surface area (Å²) in [5, 5.41) is 2.85. The fourth-order valence-corrected chi connectivity index (χ4v) is 2.68. The summed E-state index contributed by atoms with van der Waals surface area (Å²) in [6, 6.07) is 15.5. The van der Waals surface area contributed by atoms with Crippen molar-refractivity contribution in [2.24, 2.45) is 0 Å². The van der Waals surface area contributed by atoms with E-state index in [0.717, 1.165) is 11.1 Å². The molecule has 2 aromatic carbocycles. The highest BCUT2D eigenvalue weighted by Crippen LogP contribution is 2.35. The second-order valence-electron chi connectivity index (χ2n) is 5.51. The van der Waals surface area contributed by atoms with Crippen LogP contribution in [-0.2, 0) is 4.79 Å². The van der Waals surface area contributed by atoms with Gasteiger partial charge in [-0.05, 0) is 17.7 Å². The molecule has 0 saturated carbocycles. The van der Waals surface area contributed by atoms with Crippen LogP contribution in [0.25, 0.3) is 5.76 Å². The highest BCUT2D eigenvalue weighted by Gasteiger charge is 2.24. The van der Waals surface area contributed by atoms with Crippen LogP contribution < -0.4 is 14.8 Å². The summed E-state index contributed by atoms with van der Waals surface area (Å²) >= 11 is 0. The van der Waals surface area contributed by atoms with Crippen LogP contribution in [0.5, 0.6) is 11.5 Å². The van der Waals surface area contributed by atoms with Gasteiger partial charge in [0, 0.05) is 24.4 Å². The number of carbonyl (C=O) groups excluding carboxylic acids is 1. The lowest BCUT2D eigenvalue weighted by Gasteiger charge is -2.15. The number of methoxy groups -OCH3 is 1. The first-order valence-electron chi connectivity index (χ1n) is 7.54. The molecule has 0 aliphatic carbocycles. The molecule has 23 heavy (non-hydrogen) atoms. The smallest absolute Gasteiger partial charge is 0.220 e. The maximum Gasteiger partial charge on any atom is 0.220 e. The van der Waals surface area contributed by atoms with E-state index in [4.69, 9.17) is 9.47 Å². The van der Waals surface area contributed by atoms with Crippen LogP contribution in [0.3, 0.4) is 0 Å². The minimum Gasteiger partial charge on any atom is -0.493 e. The van der Waals surface area contributed by atoms with Gasteiger partial charge >= 0.3 is 0 Å². The van der Waals surface area contributed by atoms with Gasteiger partial charge in [-0.3, -0.25) is 4.79 Å². The number of hydrogen-bond acceptors (Lipinski definition) is 3. The molecule has 1 heterocycles. The Bertz CT molecular complexity index is 725. The first-order chi connectivity index (χ1) is 11.2. The molecular formula is C19H19NO3. The van der Waals surface area contributed by atoms with E-state index < -0.39 is 0 Å². The molecule has 118 valence electrons. The van der Waals surface area contributed by atoms with Gasteiger partial charge in [-0.2, -0.15) is 0 Å². The van der Waals surface area contributed by atoms with Crippen molar-refractivity contribution in [3.8, 4) is 11.5 Å². The van der Waals surface area contributed by atoms with Crippen molar-refractivity contribution in [3.63, 3.8) is 0 Å². The van der Waals surface area contributed by atoms with Gasteiger partial charge in [0.1, 0.15) is 5.76 Å². The molecule has 4 heteroatoms. The Labute approximate surface area is 135 Å². The molecule has 1 aliphatic rings. The van der Waals surface area contributed by atoms with Crippen molar-refractivity contribution in [2.45, 2.75) is 12.3 Å². The van der Waals surface area contributed by atoms with Gasteiger partial charge in [0.05, 0.1) is 7.11 Å². The SMILES string of the molecule is C=C(Oc1cc(C2CNC(=O)C2)ccc1OC)c1ccccc1. The number of carbonyl (C=O) groups is 1. The van der Waals surface area contributed by atoms with Crippen LogP contribution in [0.4, 0.5) is 0 Å². The third-order valence-electron chi connectivity index (χ3n) is 3.97. The number of benzene rings is 2. The third-order valence-corrected chi connectivity index (χ3v) is 3.97. The summed E-state index contributed by atoms with van der Waals surface area (Å²) in [6.45, 7) is 4.65. The number of amides is 1. The van der Waals surface area contributed by atoms with E-state index in [1.165, 1.54) is 0 Å². The lowest BCUT2D eigenvalue weighted by molar-refractivity contribution is -0.119. The standard InChI is InChI=1S/C19H19NO3/c1-13(14-6-4-3-5-7-14)23-18-10-15(8-9-17(18)22-2)16-11-19(21)20-12-16/h3-10,16H,1,11-12H2,2H3,(H,20,21). The average molecular weight is 309 g/mol. The van der Waals surface area contributed by atoms with E-state index >= 15 is 0 Å². The lowest BCUT2D eigenvalue weighted by atomic mass is 9.98. The summed E-state index contributed by atoms with van der Waals surface area (Å²) in [6.07, 6.45) is 0.505. The van der Waals surface area contributed by atoms with Crippen LogP contribution in [-0.4, -0.2) is 19.6 Å². The van der Waals surface area contributed by atoms with Crippen LogP contribution in [0.2, 0.25) is 0 Å². The lowest BCUT2D eigenvalue weighted by Crippen LogP contribution is -2.13. The predicted octanol–water partition coefficient (Wildman–Crippen LogP) is 3.35. The first-order valence-corrected chi connectivity index (χ1v) is 7.54. The highest BCUT2D eigenvalue weighted by atomic mass is 16.5. The largest absolute Gasteiger partial charge is 0.493 e. The Kier molecular flexibility index (Phi) is 4.33. The molecule has 0 spiro atoms. The molecule has 0 aromatic heterocycles. The second kappa shape index (κ2) is 6.57. The number of hydrogen-bond donors (Lipinski definition) is 1. The van der Waals surface area contributed by atoms with E-state index in [0.29, 0.717) is 30.2 Å². The Morgan fingerprint density at radius 2 is 1.96 bits per heavy atom. The first kappa shape index (κ1) is 15.2. The van der Waals surface area contributed by atoms with Gasteiger partial charge in [-0.25, -0.2) is 0 Å². The van der Waals surface area contributed by atoms with Crippen molar-refractivity contribution >= 4 is 11.7 Å². The number of ether oxygens (including phenoxy) is 2. The fraction of sp³-hybridized carbons (Fsp3) is 0.211. The van der Waals surface area contributed by atoms with Gasteiger partial charge in [-0.1, -0.05) is 43.0 Å². The van der Waals surface area contributed by atoms with Crippen LogP contribution in [0.1, 0.15) is 23.5 Å². The zero-order valence-corrected chi connectivity index (χ0v) is 13.0. The molecule has 0 radical (unpaired) electrons. The van der Waals surface area contributed by atoms with Gasteiger partial charge in [-0.15, -0.1) is 0 Å². The Hall–Kier alpha value is -2.75. The van der Waals surface area contributed by atoms with E-state index in [1.807, 2.05) is 48.5 Å². The van der Waals surface area contributed by atoms with Crippen LogP contribution in [0, 0.1) is 0 Å². The van der Waals surface area contributed by atoms with Crippen molar-refractivity contribution < 1.29 is 14.3 Å². The molecule has 1 atom stereocenters. The fourth-order valence-electron chi connectivity index (χ4n) is 2.68. The molecule has 1 N–H and O–H groups in total.